The zero-order chi connectivity index (χ0) is 34.5. The van der Waals surface area contributed by atoms with Crippen molar-refractivity contribution in [3.63, 3.8) is 0 Å². The van der Waals surface area contributed by atoms with E-state index in [0.717, 1.165) is 25.3 Å². The smallest absolute Gasteiger partial charge is 0.422 e. The number of carbonyl (C=O) groups excluding carboxylic acids is 1. The molecule has 1 atom stereocenters. The number of alkyl halides is 3. The van der Waals surface area contributed by atoms with Crippen molar-refractivity contribution in [2.75, 3.05) is 6.61 Å². The van der Waals surface area contributed by atoms with Crippen molar-refractivity contribution < 1.29 is 46.2 Å². The molecule has 1 aromatic heterocycles. The van der Waals surface area contributed by atoms with E-state index >= 15 is 0 Å². The molecule has 0 radical (unpaired) electrons. The van der Waals surface area contributed by atoms with E-state index in [0.29, 0.717) is 23.4 Å². The third-order valence-corrected chi connectivity index (χ3v) is 8.13. The van der Waals surface area contributed by atoms with Gasteiger partial charge in [-0.3, -0.25) is 14.3 Å². The number of hydrogen-bond donors (Lipinski definition) is 3. The van der Waals surface area contributed by atoms with E-state index in [1.54, 1.807) is 24.3 Å². The summed E-state index contributed by atoms with van der Waals surface area (Å²) in [5.74, 6) is 0.0860. The van der Waals surface area contributed by atoms with E-state index in [4.69, 9.17) is 9.47 Å². The van der Waals surface area contributed by atoms with Gasteiger partial charge in [0.1, 0.15) is 18.1 Å². The summed E-state index contributed by atoms with van der Waals surface area (Å²) in [6.45, 7) is 0.752. The van der Waals surface area contributed by atoms with Gasteiger partial charge >= 0.3 is 13.8 Å². The first-order chi connectivity index (χ1) is 22.4. The molecule has 8 nitrogen and oxygen atoms in total. The lowest BCUT2D eigenvalue weighted by atomic mass is 10.0. The summed E-state index contributed by atoms with van der Waals surface area (Å²) in [6, 6.07) is 8.17. The van der Waals surface area contributed by atoms with Gasteiger partial charge in [-0.2, -0.15) is 17.6 Å². The lowest BCUT2D eigenvalue weighted by Gasteiger charge is -2.17. The average molecular weight is 689 g/mol. The van der Waals surface area contributed by atoms with E-state index in [1.807, 2.05) is 0 Å². The quantitative estimate of drug-likeness (QED) is 0.0572. The van der Waals surface area contributed by atoms with Gasteiger partial charge in [0, 0.05) is 18.7 Å². The van der Waals surface area contributed by atoms with Crippen molar-refractivity contribution in [2.45, 2.75) is 122 Å². The molecule has 1 amide bonds. The van der Waals surface area contributed by atoms with Gasteiger partial charge in [-0.15, -0.1) is 0 Å². The number of rotatable bonds is 24. The number of benzene rings is 1. The molecule has 0 unspecified atom stereocenters. The van der Waals surface area contributed by atoms with Crippen molar-refractivity contribution in [3.8, 4) is 11.5 Å². The highest BCUT2D eigenvalue weighted by molar-refractivity contribution is 7.56. The van der Waals surface area contributed by atoms with Crippen molar-refractivity contribution in [1.29, 1.82) is 0 Å². The third-order valence-electron chi connectivity index (χ3n) is 7.43. The predicted molar refractivity (Wildman–Crippen MR) is 174 cm³/mol. The van der Waals surface area contributed by atoms with Gasteiger partial charge in [0.05, 0.1) is 11.7 Å². The van der Waals surface area contributed by atoms with Gasteiger partial charge in [-0.25, -0.2) is 0 Å². The number of halogens is 4. The Morgan fingerprint density at radius 2 is 1.47 bits per heavy atom. The molecule has 0 aliphatic heterocycles. The summed E-state index contributed by atoms with van der Waals surface area (Å²) < 4.78 is 73.2. The Kier molecular flexibility index (Phi) is 18.7. The van der Waals surface area contributed by atoms with Crippen LogP contribution in [0.2, 0.25) is 0 Å². The van der Waals surface area contributed by atoms with E-state index in [-0.39, 0.29) is 31.1 Å². The van der Waals surface area contributed by atoms with Gasteiger partial charge in [0.15, 0.2) is 6.61 Å². The zero-order valence-electron chi connectivity index (χ0n) is 27.2. The summed E-state index contributed by atoms with van der Waals surface area (Å²) in [6.07, 6.45) is 13.1. The van der Waals surface area contributed by atoms with E-state index in [1.165, 1.54) is 76.1 Å². The number of ether oxygens (including phenoxy) is 2. The third kappa shape index (κ3) is 19.5. The number of amides is 1. The molecule has 47 heavy (non-hydrogen) atoms. The first-order valence-electron chi connectivity index (χ1n) is 16.4. The van der Waals surface area contributed by atoms with Crippen LogP contribution in [0.4, 0.5) is 17.6 Å². The monoisotopic (exact) mass is 688 g/mol. The highest BCUT2D eigenvalue weighted by Crippen LogP contribution is 2.45. The minimum absolute atomic E-state index is 0.00374. The molecule has 13 heteroatoms. The molecule has 3 N–H and O–H groups in total. The molecule has 0 saturated heterocycles. The summed E-state index contributed by atoms with van der Waals surface area (Å²) >= 11 is 0. The number of nitrogens with one attached hydrogen (secondary N) is 1. The molecule has 2 rings (SSSR count). The highest BCUT2D eigenvalue weighted by atomic mass is 31.2. The summed E-state index contributed by atoms with van der Waals surface area (Å²) in [7, 11) is -5.12. The second kappa shape index (κ2) is 21.8. The lowest BCUT2D eigenvalue weighted by molar-refractivity contribution is -0.153. The van der Waals surface area contributed by atoms with Crippen LogP contribution in [0.3, 0.4) is 0 Å². The van der Waals surface area contributed by atoms with Crippen LogP contribution >= 0.6 is 7.60 Å². The van der Waals surface area contributed by atoms with Gasteiger partial charge in [-0.05, 0) is 42.7 Å². The number of pyridine rings is 1. The molecule has 0 spiro atoms. The van der Waals surface area contributed by atoms with Crippen LogP contribution in [0, 0.1) is 0 Å². The first kappa shape index (κ1) is 40.2. The maximum absolute atomic E-state index is 14.2. The molecule has 0 aliphatic carbocycles. The number of carbonyl (C=O) groups is 1. The van der Waals surface area contributed by atoms with Crippen LogP contribution in [0.5, 0.6) is 11.5 Å². The Morgan fingerprint density at radius 3 is 2.02 bits per heavy atom. The summed E-state index contributed by atoms with van der Waals surface area (Å²) in [5.41, 5.74) is -0.630. The van der Waals surface area contributed by atoms with Gasteiger partial charge in [0.2, 0.25) is 11.5 Å². The average Bonchev–Trinajstić information content (AvgIpc) is 3.01. The Balaban J connectivity index is 1.79. The SMILES string of the molecule is CCCCCCCCCCCCCCCC(=O)N[C@@H](C=C(F)P(=O)(O)O)Cc1ccc(OCc2cc(OCC(F)(F)F)ccn2)cc1. The zero-order valence-corrected chi connectivity index (χ0v) is 28.0. The molecule has 1 heterocycles. The Bertz CT molecular complexity index is 1250. The van der Waals surface area contributed by atoms with Crippen LogP contribution in [0.25, 0.3) is 0 Å². The van der Waals surface area contributed by atoms with Crippen molar-refractivity contribution in [3.05, 3.63) is 65.5 Å². The standard InChI is InChI=1S/C34H49F4N2O6P/c1-2-3-4-5-6-7-8-9-10-11-12-13-14-15-33(41)40-28(24-32(35)47(42,43)44)22-27-16-18-30(19-17-27)45-25-29-23-31(20-21-39-29)46-26-34(36,37)38/h16-21,23-24,28H,2-15,22,25-26H2,1H3,(H,40,41)(H2,42,43,44)/t28-/m1/s1. The largest absolute Gasteiger partial charge is 0.487 e. The Morgan fingerprint density at radius 1 is 0.894 bits per heavy atom. The maximum Gasteiger partial charge on any atom is 0.422 e. The second-order valence-electron chi connectivity index (χ2n) is 11.7. The topological polar surface area (TPSA) is 118 Å². The fourth-order valence-electron chi connectivity index (χ4n) is 4.92. The van der Waals surface area contributed by atoms with Crippen molar-refractivity contribution in [2.24, 2.45) is 0 Å². The van der Waals surface area contributed by atoms with Crippen molar-refractivity contribution >= 4 is 13.5 Å². The van der Waals surface area contributed by atoms with Crippen LogP contribution in [0.1, 0.15) is 108 Å². The first-order valence-corrected chi connectivity index (χ1v) is 18.1. The molecule has 0 bridgehead atoms. The molecule has 1 aromatic carbocycles. The Labute approximate surface area is 275 Å². The Hall–Kier alpha value is -2.95. The predicted octanol–water partition coefficient (Wildman–Crippen LogP) is 9.10. The summed E-state index contributed by atoms with van der Waals surface area (Å²) in [4.78, 5) is 35.1. The lowest BCUT2D eigenvalue weighted by Crippen LogP contribution is -2.35. The molecule has 0 saturated carbocycles. The van der Waals surface area contributed by atoms with Crippen LogP contribution in [-0.4, -0.2) is 39.5 Å². The molecular formula is C34H49F4N2O6P. The number of hydrogen-bond acceptors (Lipinski definition) is 5. The second-order valence-corrected chi connectivity index (χ2v) is 13.2. The molecule has 0 aliphatic rings. The van der Waals surface area contributed by atoms with Gasteiger partial charge < -0.3 is 24.6 Å². The van der Waals surface area contributed by atoms with Crippen molar-refractivity contribution in [1.82, 2.24) is 10.3 Å². The molecule has 2 aromatic rings. The van der Waals surface area contributed by atoms with Crippen LogP contribution in [-0.2, 0) is 22.4 Å². The minimum Gasteiger partial charge on any atom is -0.487 e. The van der Waals surface area contributed by atoms with Gasteiger partial charge in [-0.1, -0.05) is 96.1 Å². The minimum atomic E-state index is -5.12. The van der Waals surface area contributed by atoms with Gasteiger partial charge in [0.25, 0.3) is 0 Å². The van der Waals surface area contributed by atoms with E-state index in [2.05, 4.69) is 17.2 Å². The van der Waals surface area contributed by atoms with Crippen LogP contribution < -0.4 is 14.8 Å². The van der Waals surface area contributed by atoms with E-state index < -0.39 is 32.0 Å². The summed E-state index contributed by atoms with van der Waals surface area (Å²) in [5, 5.41) is 2.68. The fraction of sp³-hybridized carbons (Fsp3) is 0.588. The number of unbranched alkanes of at least 4 members (excludes halogenated alkanes) is 12. The van der Waals surface area contributed by atoms with E-state index in [9.17, 15) is 36.7 Å². The number of nitrogens with zero attached hydrogens (tertiary/aromatic N) is 1. The molecular weight excluding hydrogens is 639 g/mol. The highest BCUT2D eigenvalue weighted by Gasteiger charge is 2.28. The van der Waals surface area contributed by atoms with Crippen LogP contribution in [0.15, 0.2) is 54.2 Å². The fourth-order valence-corrected chi connectivity index (χ4v) is 5.29. The molecule has 0 fully saturated rings. The number of aromatic nitrogens is 1. The normalized spacial score (nSPS) is 13.0. The molecule has 264 valence electrons. The maximum atomic E-state index is 14.2.